The second kappa shape index (κ2) is 5.61. The molecule has 112 valence electrons. The van der Waals surface area contributed by atoms with Gasteiger partial charge in [-0.1, -0.05) is 18.2 Å². The van der Waals surface area contributed by atoms with Gasteiger partial charge in [-0.2, -0.15) is 9.97 Å². The van der Waals surface area contributed by atoms with Crippen LogP contribution in [0, 0.1) is 0 Å². The maximum Gasteiger partial charge on any atom is 0.325 e. The molecule has 0 saturated carbocycles. The average molecular weight is 318 g/mol. The summed E-state index contributed by atoms with van der Waals surface area (Å²) < 4.78 is 1.76. The Kier molecular flexibility index (Phi) is 3.64. The van der Waals surface area contributed by atoms with Crippen molar-refractivity contribution in [2.75, 3.05) is 5.32 Å². The van der Waals surface area contributed by atoms with Gasteiger partial charge in [-0.05, 0) is 30.7 Å². The number of hydrogen-bond donors (Lipinski definition) is 2. The highest BCUT2D eigenvalue weighted by molar-refractivity contribution is 6.28. The van der Waals surface area contributed by atoms with Gasteiger partial charge in [-0.25, -0.2) is 4.98 Å². The van der Waals surface area contributed by atoms with E-state index in [4.69, 9.17) is 16.7 Å². The normalized spacial score (nSPS) is 12.3. The Hall–Kier alpha value is -2.67. The van der Waals surface area contributed by atoms with E-state index in [1.165, 1.54) is 6.92 Å². The molecule has 3 rings (SSSR count). The lowest BCUT2D eigenvalue weighted by molar-refractivity contribution is -0.137. The fraction of sp³-hybridized carbons (Fsp3) is 0.143. The zero-order chi connectivity index (χ0) is 15.7. The minimum absolute atomic E-state index is 0.0188. The van der Waals surface area contributed by atoms with Gasteiger partial charge in [-0.3, -0.25) is 9.36 Å². The zero-order valence-electron chi connectivity index (χ0n) is 11.6. The van der Waals surface area contributed by atoms with Gasteiger partial charge < -0.3 is 10.4 Å². The van der Waals surface area contributed by atoms with Gasteiger partial charge in [0.1, 0.15) is 12.4 Å². The van der Waals surface area contributed by atoms with Crippen LogP contribution in [0.2, 0.25) is 5.28 Å². The standard InChI is InChI=1S/C14H12ClN5O2/c1-8(13(21)22)17-11-10-12(19-14(15)18-11)20(7-16-10)9-5-3-2-4-6-9/h2-8H,1H3,(H,21,22)(H,17,18,19)/t8-/m0/s1. The Morgan fingerprint density at radius 1 is 1.32 bits per heavy atom. The number of carbonyl (C=O) groups is 1. The maximum atomic E-state index is 11.0. The number of carboxylic acid groups (broad SMARTS) is 1. The third-order valence-corrected chi connectivity index (χ3v) is 3.30. The third-order valence-electron chi connectivity index (χ3n) is 3.13. The molecule has 0 spiro atoms. The number of aromatic nitrogens is 4. The van der Waals surface area contributed by atoms with Crippen LogP contribution in [0.5, 0.6) is 0 Å². The van der Waals surface area contributed by atoms with Crippen LogP contribution in [0.25, 0.3) is 16.9 Å². The van der Waals surface area contributed by atoms with Crippen LogP contribution in [0.15, 0.2) is 36.7 Å². The predicted octanol–water partition coefficient (Wildman–Crippen LogP) is 2.35. The summed E-state index contributed by atoms with van der Waals surface area (Å²) in [6.45, 7) is 1.51. The van der Waals surface area contributed by atoms with Gasteiger partial charge in [0, 0.05) is 5.69 Å². The number of imidazole rings is 1. The van der Waals surface area contributed by atoms with Crippen molar-refractivity contribution in [2.45, 2.75) is 13.0 Å². The molecule has 1 aromatic carbocycles. The van der Waals surface area contributed by atoms with Crippen molar-refractivity contribution in [3.8, 4) is 5.69 Å². The van der Waals surface area contributed by atoms with E-state index in [0.717, 1.165) is 5.69 Å². The van der Waals surface area contributed by atoms with Gasteiger partial charge in [0.05, 0.1) is 0 Å². The summed E-state index contributed by atoms with van der Waals surface area (Å²) in [5.41, 5.74) is 1.84. The lowest BCUT2D eigenvalue weighted by Crippen LogP contribution is -2.26. The molecular weight excluding hydrogens is 306 g/mol. The smallest absolute Gasteiger partial charge is 0.325 e. The molecule has 3 aromatic rings. The molecule has 0 radical (unpaired) electrons. The molecule has 2 heterocycles. The number of nitrogens with one attached hydrogen (secondary N) is 1. The molecule has 1 atom stereocenters. The van der Waals surface area contributed by atoms with E-state index >= 15 is 0 Å². The van der Waals surface area contributed by atoms with Crippen molar-refractivity contribution < 1.29 is 9.90 Å². The van der Waals surface area contributed by atoms with E-state index < -0.39 is 12.0 Å². The first-order valence-electron chi connectivity index (χ1n) is 6.51. The summed E-state index contributed by atoms with van der Waals surface area (Å²) in [6, 6.07) is 8.70. The Morgan fingerprint density at radius 2 is 2.05 bits per heavy atom. The molecule has 0 aliphatic carbocycles. The summed E-state index contributed by atoms with van der Waals surface area (Å²) in [6.07, 6.45) is 1.60. The van der Waals surface area contributed by atoms with Crippen LogP contribution in [0.3, 0.4) is 0 Å². The Balaban J connectivity index is 2.13. The molecule has 0 bridgehead atoms. The topological polar surface area (TPSA) is 92.9 Å². The minimum atomic E-state index is -0.995. The summed E-state index contributed by atoms with van der Waals surface area (Å²) >= 11 is 5.95. The molecule has 0 aliphatic rings. The number of nitrogens with zero attached hydrogens (tertiary/aromatic N) is 4. The molecular formula is C14H12ClN5O2. The van der Waals surface area contributed by atoms with Crippen LogP contribution in [-0.2, 0) is 4.79 Å². The van der Waals surface area contributed by atoms with E-state index in [-0.39, 0.29) is 5.28 Å². The lowest BCUT2D eigenvalue weighted by Gasteiger charge is -2.10. The molecule has 0 aliphatic heterocycles. The SMILES string of the molecule is C[C@H](Nc1nc(Cl)nc2c1ncn2-c1ccccc1)C(=O)O. The zero-order valence-corrected chi connectivity index (χ0v) is 12.3. The van der Waals surface area contributed by atoms with E-state index in [0.29, 0.717) is 17.0 Å². The molecule has 22 heavy (non-hydrogen) atoms. The number of benzene rings is 1. The van der Waals surface area contributed by atoms with Crippen molar-refractivity contribution >= 4 is 34.6 Å². The number of halogens is 1. The van der Waals surface area contributed by atoms with E-state index in [2.05, 4.69) is 20.3 Å². The first-order valence-corrected chi connectivity index (χ1v) is 6.89. The largest absolute Gasteiger partial charge is 0.480 e. The van der Waals surface area contributed by atoms with Gasteiger partial charge in [0.2, 0.25) is 5.28 Å². The number of aliphatic carboxylic acids is 1. The van der Waals surface area contributed by atoms with Crippen LogP contribution < -0.4 is 5.32 Å². The molecule has 0 saturated heterocycles. The number of para-hydroxylation sites is 1. The minimum Gasteiger partial charge on any atom is -0.480 e. The third kappa shape index (κ3) is 2.58. The Bertz CT molecular complexity index is 834. The molecule has 8 heteroatoms. The second-order valence-corrected chi connectivity index (χ2v) is 5.01. The summed E-state index contributed by atoms with van der Waals surface area (Å²) in [7, 11) is 0. The number of anilines is 1. The first-order chi connectivity index (χ1) is 10.6. The van der Waals surface area contributed by atoms with Crippen LogP contribution >= 0.6 is 11.6 Å². The summed E-state index contributed by atoms with van der Waals surface area (Å²) in [5, 5.41) is 11.8. The number of fused-ring (bicyclic) bond motifs is 1. The molecule has 2 N–H and O–H groups in total. The highest BCUT2D eigenvalue weighted by Gasteiger charge is 2.17. The first kappa shape index (κ1) is 14.3. The maximum absolute atomic E-state index is 11.0. The average Bonchev–Trinajstić information content (AvgIpc) is 2.91. The molecule has 0 fully saturated rings. The van der Waals surface area contributed by atoms with Crippen molar-refractivity contribution in [2.24, 2.45) is 0 Å². The van der Waals surface area contributed by atoms with Crippen LogP contribution in [-0.4, -0.2) is 36.6 Å². The molecule has 0 amide bonds. The predicted molar refractivity (Wildman–Crippen MR) is 82.4 cm³/mol. The Morgan fingerprint density at radius 3 is 2.73 bits per heavy atom. The van der Waals surface area contributed by atoms with E-state index in [1.807, 2.05) is 30.3 Å². The summed E-state index contributed by atoms with van der Waals surface area (Å²) in [4.78, 5) is 23.5. The van der Waals surface area contributed by atoms with Crippen molar-refractivity contribution in [3.63, 3.8) is 0 Å². The molecule has 2 aromatic heterocycles. The summed E-state index contributed by atoms with van der Waals surface area (Å²) in [5.74, 6) is -0.704. The lowest BCUT2D eigenvalue weighted by atomic mass is 10.3. The second-order valence-electron chi connectivity index (χ2n) is 4.67. The number of carboxylic acids is 1. The van der Waals surface area contributed by atoms with Gasteiger partial charge in [-0.15, -0.1) is 0 Å². The van der Waals surface area contributed by atoms with Gasteiger partial charge >= 0.3 is 5.97 Å². The van der Waals surface area contributed by atoms with Gasteiger partial charge in [0.25, 0.3) is 0 Å². The van der Waals surface area contributed by atoms with Crippen molar-refractivity contribution in [3.05, 3.63) is 41.9 Å². The number of rotatable bonds is 4. The highest BCUT2D eigenvalue weighted by Crippen LogP contribution is 2.23. The van der Waals surface area contributed by atoms with Gasteiger partial charge in [0.15, 0.2) is 17.0 Å². The van der Waals surface area contributed by atoms with Crippen LogP contribution in [0.4, 0.5) is 5.82 Å². The van der Waals surface area contributed by atoms with Crippen molar-refractivity contribution in [1.29, 1.82) is 0 Å². The molecule has 0 unspecified atom stereocenters. The monoisotopic (exact) mass is 317 g/mol. The van der Waals surface area contributed by atoms with Crippen LogP contribution in [0.1, 0.15) is 6.92 Å². The highest BCUT2D eigenvalue weighted by atomic mass is 35.5. The fourth-order valence-corrected chi connectivity index (χ4v) is 2.18. The van der Waals surface area contributed by atoms with E-state index in [9.17, 15) is 4.79 Å². The molecule has 7 nitrogen and oxygen atoms in total. The van der Waals surface area contributed by atoms with Crippen molar-refractivity contribution in [1.82, 2.24) is 19.5 Å². The Labute approximate surface area is 130 Å². The van der Waals surface area contributed by atoms with E-state index in [1.54, 1.807) is 10.9 Å². The fourth-order valence-electron chi connectivity index (χ4n) is 2.02. The number of hydrogen-bond acceptors (Lipinski definition) is 5. The quantitative estimate of drug-likeness (QED) is 0.717.